The van der Waals surface area contributed by atoms with Gasteiger partial charge in [0, 0.05) is 25.9 Å². The molecule has 1 atom stereocenters. The van der Waals surface area contributed by atoms with Gasteiger partial charge < -0.3 is 14.8 Å². The van der Waals surface area contributed by atoms with E-state index in [0.717, 1.165) is 58.5 Å². The lowest BCUT2D eigenvalue weighted by molar-refractivity contribution is -0.140. The summed E-state index contributed by atoms with van der Waals surface area (Å²) < 4.78 is 11.6. The van der Waals surface area contributed by atoms with E-state index in [1.165, 1.54) is 11.1 Å². The maximum atomic E-state index is 6.10. The summed E-state index contributed by atoms with van der Waals surface area (Å²) in [6.07, 6.45) is 5.51. The van der Waals surface area contributed by atoms with Crippen molar-refractivity contribution in [3.63, 3.8) is 0 Å². The monoisotopic (exact) mass is 289 g/mol. The van der Waals surface area contributed by atoms with E-state index in [-0.39, 0.29) is 5.60 Å². The van der Waals surface area contributed by atoms with Gasteiger partial charge in [0.2, 0.25) is 0 Å². The predicted molar refractivity (Wildman–Crippen MR) is 84.6 cm³/mol. The second kappa shape index (κ2) is 6.91. The lowest BCUT2D eigenvalue weighted by Crippen LogP contribution is -2.50. The third-order valence-corrected chi connectivity index (χ3v) is 4.99. The standard InChI is InChI=1S/C18H27NO2/c1-15-4-2-3-5-16(15)6-10-19-17-7-11-21-18(14-17)8-12-20-13-9-18/h2-5,17,19H,6-14H2,1H3. The molecule has 2 saturated heterocycles. The molecule has 1 N–H and O–H groups in total. The Labute approximate surface area is 128 Å². The van der Waals surface area contributed by atoms with E-state index in [0.29, 0.717) is 6.04 Å². The number of hydrogen-bond donors (Lipinski definition) is 1. The smallest absolute Gasteiger partial charge is 0.0741 e. The summed E-state index contributed by atoms with van der Waals surface area (Å²) in [5, 5.41) is 3.75. The van der Waals surface area contributed by atoms with Gasteiger partial charge in [0.25, 0.3) is 0 Å². The zero-order valence-corrected chi connectivity index (χ0v) is 13.1. The summed E-state index contributed by atoms with van der Waals surface area (Å²) in [5.74, 6) is 0. The van der Waals surface area contributed by atoms with Crippen LogP contribution in [0.25, 0.3) is 0 Å². The van der Waals surface area contributed by atoms with Crippen molar-refractivity contribution in [2.45, 2.75) is 50.7 Å². The van der Waals surface area contributed by atoms with Crippen molar-refractivity contribution >= 4 is 0 Å². The molecular formula is C18H27NO2. The second-order valence-electron chi connectivity index (χ2n) is 6.46. The quantitative estimate of drug-likeness (QED) is 0.924. The number of ether oxygens (including phenoxy) is 2. The number of hydrogen-bond acceptors (Lipinski definition) is 3. The summed E-state index contributed by atoms with van der Waals surface area (Å²) in [5.41, 5.74) is 2.95. The lowest BCUT2D eigenvalue weighted by Gasteiger charge is -2.43. The summed E-state index contributed by atoms with van der Waals surface area (Å²) in [4.78, 5) is 0. The highest BCUT2D eigenvalue weighted by atomic mass is 16.5. The van der Waals surface area contributed by atoms with Crippen LogP contribution in [0.5, 0.6) is 0 Å². The van der Waals surface area contributed by atoms with Gasteiger partial charge in [-0.3, -0.25) is 0 Å². The van der Waals surface area contributed by atoms with E-state index in [4.69, 9.17) is 9.47 Å². The lowest BCUT2D eigenvalue weighted by atomic mass is 9.84. The third-order valence-electron chi connectivity index (χ3n) is 4.99. The molecule has 3 heteroatoms. The molecule has 0 aromatic heterocycles. The van der Waals surface area contributed by atoms with Crippen LogP contribution in [0.3, 0.4) is 0 Å². The van der Waals surface area contributed by atoms with Gasteiger partial charge in [-0.1, -0.05) is 24.3 Å². The SMILES string of the molecule is Cc1ccccc1CCNC1CCOC2(CCOCC2)C1. The molecule has 2 aliphatic heterocycles. The molecule has 21 heavy (non-hydrogen) atoms. The molecule has 116 valence electrons. The van der Waals surface area contributed by atoms with Crippen LogP contribution in [0.1, 0.15) is 36.8 Å². The summed E-state index contributed by atoms with van der Waals surface area (Å²) in [7, 11) is 0. The molecule has 1 aromatic rings. The fraction of sp³-hybridized carbons (Fsp3) is 0.667. The first-order valence-electron chi connectivity index (χ1n) is 8.27. The van der Waals surface area contributed by atoms with E-state index in [2.05, 4.69) is 36.5 Å². The molecular weight excluding hydrogens is 262 g/mol. The van der Waals surface area contributed by atoms with Crippen molar-refractivity contribution in [1.29, 1.82) is 0 Å². The molecule has 3 nitrogen and oxygen atoms in total. The Morgan fingerprint density at radius 1 is 1.19 bits per heavy atom. The average Bonchev–Trinajstić information content (AvgIpc) is 2.50. The van der Waals surface area contributed by atoms with Gasteiger partial charge in [-0.25, -0.2) is 0 Å². The summed E-state index contributed by atoms with van der Waals surface area (Å²) in [6, 6.07) is 9.27. The molecule has 2 aliphatic rings. The Hall–Kier alpha value is -0.900. The van der Waals surface area contributed by atoms with E-state index >= 15 is 0 Å². The van der Waals surface area contributed by atoms with Crippen molar-refractivity contribution < 1.29 is 9.47 Å². The van der Waals surface area contributed by atoms with Crippen LogP contribution in [0, 0.1) is 6.92 Å². The predicted octanol–water partition coefficient (Wildman–Crippen LogP) is 2.86. The van der Waals surface area contributed by atoms with Crippen LogP contribution in [0.15, 0.2) is 24.3 Å². The minimum absolute atomic E-state index is 0.0941. The van der Waals surface area contributed by atoms with Crippen molar-refractivity contribution in [2.24, 2.45) is 0 Å². The highest BCUT2D eigenvalue weighted by Crippen LogP contribution is 2.34. The highest BCUT2D eigenvalue weighted by molar-refractivity contribution is 5.25. The molecule has 0 amide bonds. The van der Waals surface area contributed by atoms with Gasteiger partial charge in [-0.2, -0.15) is 0 Å². The molecule has 1 unspecified atom stereocenters. The Morgan fingerprint density at radius 2 is 2.00 bits per heavy atom. The topological polar surface area (TPSA) is 30.5 Å². The fourth-order valence-electron chi connectivity index (χ4n) is 3.60. The Bertz CT molecular complexity index is 449. The molecule has 1 spiro atoms. The molecule has 0 radical (unpaired) electrons. The van der Waals surface area contributed by atoms with Gasteiger partial charge in [0.15, 0.2) is 0 Å². The van der Waals surface area contributed by atoms with Gasteiger partial charge in [0.05, 0.1) is 5.60 Å². The zero-order chi connectivity index (χ0) is 14.5. The van der Waals surface area contributed by atoms with Crippen molar-refractivity contribution in [1.82, 2.24) is 5.32 Å². The fourth-order valence-corrected chi connectivity index (χ4v) is 3.60. The minimum Gasteiger partial charge on any atom is -0.381 e. The van der Waals surface area contributed by atoms with Crippen molar-refractivity contribution in [3.05, 3.63) is 35.4 Å². The first-order valence-corrected chi connectivity index (χ1v) is 8.27. The first kappa shape index (κ1) is 15.0. The molecule has 2 fully saturated rings. The van der Waals surface area contributed by atoms with Crippen LogP contribution in [0.2, 0.25) is 0 Å². The molecule has 0 saturated carbocycles. The normalized spacial score (nSPS) is 25.1. The Balaban J connectivity index is 1.48. The minimum atomic E-state index is 0.0941. The largest absolute Gasteiger partial charge is 0.381 e. The molecule has 3 rings (SSSR count). The van der Waals surface area contributed by atoms with E-state index < -0.39 is 0 Å². The molecule has 0 aliphatic carbocycles. The molecule has 0 bridgehead atoms. The summed E-state index contributed by atoms with van der Waals surface area (Å²) >= 11 is 0. The maximum Gasteiger partial charge on any atom is 0.0741 e. The highest BCUT2D eigenvalue weighted by Gasteiger charge is 2.38. The van der Waals surface area contributed by atoms with Crippen molar-refractivity contribution in [2.75, 3.05) is 26.4 Å². The average molecular weight is 289 g/mol. The number of rotatable bonds is 4. The van der Waals surface area contributed by atoms with E-state index in [9.17, 15) is 0 Å². The number of nitrogens with one attached hydrogen (secondary N) is 1. The third kappa shape index (κ3) is 3.85. The van der Waals surface area contributed by atoms with Crippen LogP contribution in [-0.2, 0) is 15.9 Å². The van der Waals surface area contributed by atoms with Crippen LogP contribution in [0.4, 0.5) is 0 Å². The first-order chi connectivity index (χ1) is 10.3. The Kier molecular flexibility index (Phi) is 4.94. The van der Waals surface area contributed by atoms with E-state index in [1.807, 2.05) is 0 Å². The van der Waals surface area contributed by atoms with E-state index in [1.54, 1.807) is 0 Å². The molecule has 1 aromatic carbocycles. The second-order valence-corrected chi connectivity index (χ2v) is 6.46. The zero-order valence-electron chi connectivity index (χ0n) is 13.1. The van der Waals surface area contributed by atoms with Gasteiger partial charge in [-0.05, 0) is 56.7 Å². The van der Waals surface area contributed by atoms with Crippen molar-refractivity contribution in [3.8, 4) is 0 Å². The Morgan fingerprint density at radius 3 is 2.81 bits per heavy atom. The van der Waals surface area contributed by atoms with Crippen LogP contribution >= 0.6 is 0 Å². The van der Waals surface area contributed by atoms with Gasteiger partial charge in [-0.15, -0.1) is 0 Å². The van der Waals surface area contributed by atoms with Gasteiger partial charge >= 0.3 is 0 Å². The molecule has 2 heterocycles. The number of aryl methyl sites for hydroxylation is 1. The van der Waals surface area contributed by atoms with Crippen LogP contribution in [-0.4, -0.2) is 38.0 Å². The maximum absolute atomic E-state index is 6.10. The van der Waals surface area contributed by atoms with Gasteiger partial charge in [0.1, 0.15) is 0 Å². The number of benzene rings is 1. The van der Waals surface area contributed by atoms with Crippen LogP contribution < -0.4 is 5.32 Å². The summed E-state index contributed by atoms with van der Waals surface area (Å²) in [6.45, 7) is 5.86.